The monoisotopic (exact) mass is 332 g/mol. The van der Waals surface area contributed by atoms with Crippen LogP contribution in [-0.2, 0) is 4.79 Å². The number of primary amides is 1. The van der Waals surface area contributed by atoms with Crippen molar-refractivity contribution < 1.29 is 9.59 Å². The number of nitrogens with two attached hydrogens (primary N) is 1. The van der Waals surface area contributed by atoms with Crippen LogP contribution in [0.15, 0.2) is 28.5 Å². The molecule has 0 aliphatic rings. The van der Waals surface area contributed by atoms with E-state index in [2.05, 4.69) is 10.3 Å². The van der Waals surface area contributed by atoms with Crippen LogP contribution in [0.4, 0.5) is 5.13 Å². The van der Waals surface area contributed by atoms with Crippen molar-refractivity contribution in [2.24, 2.45) is 5.73 Å². The minimum Gasteiger partial charge on any atom is -0.369 e. The van der Waals surface area contributed by atoms with Crippen molar-refractivity contribution in [3.8, 4) is 6.07 Å². The zero-order valence-corrected chi connectivity index (χ0v) is 13.3. The molecule has 2 aromatic rings. The molecule has 1 aromatic heterocycles. The Hall–Kier alpha value is -2.37. The number of thiazole rings is 1. The molecule has 0 atom stereocenters. The molecule has 8 heteroatoms. The molecule has 2 amide bonds. The summed E-state index contributed by atoms with van der Waals surface area (Å²) in [5.74, 6) is -0.530. The van der Waals surface area contributed by atoms with E-state index in [1.165, 1.54) is 23.1 Å². The van der Waals surface area contributed by atoms with Crippen molar-refractivity contribution in [1.82, 2.24) is 4.98 Å². The Morgan fingerprint density at radius 3 is 2.68 bits per heavy atom. The summed E-state index contributed by atoms with van der Waals surface area (Å²) in [6, 6.07) is 8.31. The van der Waals surface area contributed by atoms with Crippen molar-refractivity contribution in [2.45, 2.75) is 11.1 Å². The number of rotatable bonds is 5. The summed E-state index contributed by atoms with van der Waals surface area (Å²) < 4.78 is 0.842. The quantitative estimate of drug-likeness (QED) is 0.815. The maximum absolute atomic E-state index is 12.1. The molecule has 0 saturated heterocycles. The predicted octanol–water partition coefficient (Wildman–Crippen LogP) is 2.15. The van der Waals surface area contributed by atoms with E-state index in [9.17, 15) is 9.59 Å². The van der Waals surface area contributed by atoms with Crippen LogP contribution in [0.2, 0.25) is 0 Å². The number of carbonyl (C=O) groups is 2. The van der Waals surface area contributed by atoms with Crippen molar-refractivity contribution in [3.05, 3.63) is 41.1 Å². The summed E-state index contributed by atoms with van der Waals surface area (Å²) in [5, 5.41) is 11.9. The Kier molecular flexibility index (Phi) is 5.14. The van der Waals surface area contributed by atoms with E-state index in [4.69, 9.17) is 11.0 Å². The minimum atomic E-state index is -0.402. The first-order chi connectivity index (χ1) is 10.5. The zero-order valence-electron chi connectivity index (χ0n) is 11.6. The Bertz CT molecular complexity index is 747. The summed E-state index contributed by atoms with van der Waals surface area (Å²) >= 11 is 2.59. The predicted molar refractivity (Wildman–Crippen MR) is 85.9 cm³/mol. The van der Waals surface area contributed by atoms with Gasteiger partial charge in [-0.15, -0.1) is 11.8 Å². The molecule has 3 N–H and O–H groups in total. The third kappa shape index (κ3) is 4.07. The van der Waals surface area contributed by atoms with E-state index in [0.29, 0.717) is 16.3 Å². The average Bonchev–Trinajstić information content (AvgIpc) is 2.85. The number of hydrogen-bond acceptors (Lipinski definition) is 6. The number of aromatic nitrogens is 1. The number of hydrogen-bond donors (Lipinski definition) is 2. The molecule has 1 aromatic carbocycles. The van der Waals surface area contributed by atoms with Crippen molar-refractivity contribution in [1.29, 1.82) is 5.26 Å². The number of nitrogens with zero attached hydrogens (tertiary/aromatic N) is 2. The number of carbonyl (C=O) groups excluding carboxylic acids is 2. The number of aryl methyl sites for hydroxylation is 1. The number of amides is 2. The Labute approximate surface area is 135 Å². The third-order valence-corrected chi connectivity index (χ3v) is 5.05. The second kappa shape index (κ2) is 7.06. The molecule has 0 fully saturated rings. The molecule has 0 aliphatic carbocycles. The summed E-state index contributed by atoms with van der Waals surface area (Å²) in [4.78, 5) is 27.1. The van der Waals surface area contributed by atoms with Gasteiger partial charge in [0.15, 0.2) is 5.13 Å². The molecular weight excluding hydrogens is 320 g/mol. The van der Waals surface area contributed by atoms with Crippen LogP contribution >= 0.6 is 23.1 Å². The normalized spacial score (nSPS) is 10.0. The zero-order chi connectivity index (χ0) is 16.1. The van der Waals surface area contributed by atoms with Gasteiger partial charge in [0, 0.05) is 5.56 Å². The fourth-order valence-corrected chi connectivity index (χ4v) is 3.44. The number of nitriles is 1. The number of thioether (sulfide) groups is 1. The molecule has 0 saturated carbocycles. The van der Waals surface area contributed by atoms with Gasteiger partial charge in [-0.05, 0) is 31.2 Å². The second-order valence-corrected chi connectivity index (χ2v) is 6.53. The molecule has 1 heterocycles. The van der Waals surface area contributed by atoms with Crippen molar-refractivity contribution in [2.75, 3.05) is 11.1 Å². The van der Waals surface area contributed by atoms with E-state index in [0.717, 1.165) is 9.90 Å². The van der Waals surface area contributed by atoms with E-state index in [1.807, 2.05) is 6.07 Å². The molecule has 22 heavy (non-hydrogen) atoms. The summed E-state index contributed by atoms with van der Waals surface area (Å²) in [5.41, 5.74) is 6.79. The third-order valence-electron chi connectivity index (χ3n) is 2.60. The molecule has 0 aliphatic heterocycles. The minimum absolute atomic E-state index is 0.173. The lowest BCUT2D eigenvalue weighted by Gasteiger charge is -2.01. The molecular formula is C14H12N4O2S2. The number of nitrogens with one attached hydrogen (secondary N) is 1. The number of anilines is 1. The average molecular weight is 332 g/mol. The Morgan fingerprint density at radius 2 is 2.09 bits per heavy atom. The van der Waals surface area contributed by atoms with Gasteiger partial charge in [0.05, 0.1) is 27.3 Å². The summed E-state index contributed by atoms with van der Waals surface area (Å²) in [6.07, 6.45) is 0. The maximum atomic E-state index is 12.1. The highest BCUT2D eigenvalue weighted by molar-refractivity contribution is 8.01. The topological polar surface area (TPSA) is 109 Å². The van der Waals surface area contributed by atoms with Crippen molar-refractivity contribution in [3.63, 3.8) is 0 Å². The summed E-state index contributed by atoms with van der Waals surface area (Å²) in [7, 11) is 0. The van der Waals surface area contributed by atoms with E-state index in [1.54, 1.807) is 31.2 Å². The highest BCUT2D eigenvalue weighted by Crippen LogP contribution is 2.32. The smallest absolute Gasteiger partial charge is 0.257 e. The van der Waals surface area contributed by atoms with E-state index >= 15 is 0 Å². The lowest BCUT2D eigenvalue weighted by atomic mass is 10.1. The largest absolute Gasteiger partial charge is 0.369 e. The molecule has 0 unspecified atom stereocenters. The standard InChI is InChI=1S/C14H12N4O2S2/c1-8-13(21-7-11(16)19)22-14(17-8)18-12(20)10-4-2-9(6-15)3-5-10/h2-5H,7H2,1H3,(H2,16,19)(H,17,18,20). The van der Waals surface area contributed by atoms with Crippen LogP contribution in [0, 0.1) is 18.3 Å². The highest BCUT2D eigenvalue weighted by Gasteiger charge is 2.13. The van der Waals surface area contributed by atoms with Crippen LogP contribution in [0.3, 0.4) is 0 Å². The molecule has 6 nitrogen and oxygen atoms in total. The van der Waals surface area contributed by atoms with Gasteiger partial charge >= 0.3 is 0 Å². The van der Waals surface area contributed by atoms with Gasteiger partial charge in [0.2, 0.25) is 5.91 Å². The van der Waals surface area contributed by atoms with Gasteiger partial charge in [-0.3, -0.25) is 14.9 Å². The van der Waals surface area contributed by atoms with Crippen LogP contribution < -0.4 is 11.1 Å². The van der Waals surface area contributed by atoms with Crippen LogP contribution in [0.5, 0.6) is 0 Å². The van der Waals surface area contributed by atoms with Gasteiger partial charge < -0.3 is 5.73 Å². The van der Waals surface area contributed by atoms with Crippen LogP contribution in [0.1, 0.15) is 21.6 Å². The molecule has 2 rings (SSSR count). The van der Waals surface area contributed by atoms with Gasteiger partial charge in [0.25, 0.3) is 5.91 Å². The molecule has 0 bridgehead atoms. The van der Waals surface area contributed by atoms with Gasteiger partial charge in [-0.2, -0.15) is 5.26 Å². The van der Waals surface area contributed by atoms with Crippen LogP contribution in [-0.4, -0.2) is 22.6 Å². The van der Waals surface area contributed by atoms with Gasteiger partial charge in [-0.1, -0.05) is 11.3 Å². The number of benzene rings is 1. The molecule has 0 radical (unpaired) electrons. The first kappa shape index (κ1) is 16.0. The Balaban J connectivity index is 2.06. The molecule has 112 valence electrons. The Morgan fingerprint density at radius 1 is 1.41 bits per heavy atom. The first-order valence-corrected chi connectivity index (χ1v) is 8.00. The SMILES string of the molecule is Cc1nc(NC(=O)c2ccc(C#N)cc2)sc1SCC(N)=O. The first-order valence-electron chi connectivity index (χ1n) is 6.19. The molecule has 0 spiro atoms. The maximum Gasteiger partial charge on any atom is 0.257 e. The highest BCUT2D eigenvalue weighted by atomic mass is 32.2. The van der Waals surface area contributed by atoms with Gasteiger partial charge in [0.1, 0.15) is 0 Å². The fourth-order valence-electron chi connectivity index (χ4n) is 1.57. The van der Waals surface area contributed by atoms with Crippen molar-refractivity contribution >= 4 is 40.0 Å². The van der Waals surface area contributed by atoms with Crippen LogP contribution in [0.25, 0.3) is 0 Å². The van der Waals surface area contributed by atoms with E-state index in [-0.39, 0.29) is 11.7 Å². The fraction of sp³-hybridized carbons (Fsp3) is 0.143. The lowest BCUT2D eigenvalue weighted by molar-refractivity contribution is -0.115. The lowest BCUT2D eigenvalue weighted by Crippen LogP contribution is -2.12. The van der Waals surface area contributed by atoms with Gasteiger partial charge in [-0.25, -0.2) is 4.98 Å². The second-order valence-electron chi connectivity index (χ2n) is 4.29. The van der Waals surface area contributed by atoms with E-state index < -0.39 is 5.91 Å². The summed E-state index contributed by atoms with van der Waals surface area (Å²) in [6.45, 7) is 1.80.